The van der Waals surface area contributed by atoms with Crippen LogP contribution in [0.1, 0.15) is 58.3 Å². The zero-order valence-corrected chi connectivity index (χ0v) is 22.1. The van der Waals surface area contributed by atoms with Gasteiger partial charge in [0.2, 0.25) is 0 Å². The van der Waals surface area contributed by atoms with E-state index in [0.29, 0.717) is 23.5 Å². The second-order valence-corrected chi connectivity index (χ2v) is 9.87. The van der Waals surface area contributed by atoms with E-state index in [4.69, 9.17) is 14.2 Å². The van der Waals surface area contributed by atoms with E-state index in [1.165, 1.54) is 30.9 Å². The number of methoxy groups -OCH3 is 2. The molecule has 1 fully saturated rings. The predicted molar refractivity (Wildman–Crippen MR) is 148 cm³/mol. The second kappa shape index (κ2) is 11.8. The van der Waals surface area contributed by atoms with Crippen LogP contribution in [0.4, 0.5) is 4.39 Å². The molecule has 5 nitrogen and oxygen atoms in total. The zero-order valence-electron chi connectivity index (χ0n) is 22.1. The van der Waals surface area contributed by atoms with Crippen LogP contribution in [0.5, 0.6) is 17.2 Å². The fraction of sp³-hybridized carbons (Fsp3) is 0.344. The van der Waals surface area contributed by atoms with Crippen molar-refractivity contribution in [2.45, 2.75) is 32.1 Å². The third kappa shape index (κ3) is 5.76. The van der Waals surface area contributed by atoms with Crippen molar-refractivity contribution in [2.75, 3.05) is 40.5 Å². The SMILES string of the molecule is COc1ccc2c(c1)CCC(c1cc(OC)ccc1C(=O)c1ccc(OCCN3CCCCC3)c(F)c1)=C2. The number of nitrogens with zero attached hydrogens (tertiary/aromatic N) is 1. The van der Waals surface area contributed by atoms with Crippen LogP contribution in [-0.4, -0.2) is 51.1 Å². The van der Waals surface area contributed by atoms with Crippen molar-refractivity contribution in [2.24, 2.45) is 0 Å². The first-order valence-electron chi connectivity index (χ1n) is 13.3. The van der Waals surface area contributed by atoms with Gasteiger partial charge in [0, 0.05) is 17.7 Å². The largest absolute Gasteiger partial charge is 0.497 e. The van der Waals surface area contributed by atoms with Gasteiger partial charge in [0.25, 0.3) is 0 Å². The first kappa shape index (κ1) is 26.0. The quantitative estimate of drug-likeness (QED) is 0.308. The van der Waals surface area contributed by atoms with Crippen molar-refractivity contribution in [1.82, 2.24) is 4.90 Å². The minimum atomic E-state index is -0.524. The van der Waals surface area contributed by atoms with E-state index < -0.39 is 5.82 Å². The summed E-state index contributed by atoms with van der Waals surface area (Å²) in [6.45, 7) is 3.34. The van der Waals surface area contributed by atoms with Gasteiger partial charge in [0.15, 0.2) is 17.3 Å². The molecule has 0 N–H and O–H groups in total. The lowest BCUT2D eigenvalue weighted by atomic mass is 9.85. The number of ether oxygens (including phenoxy) is 3. The molecule has 3 aromatic rings. The van der Waals surface area contributed by atoms with Crippen LogP contribution in [0.25, 0.3) is 11.6 Å². The van der Waals surface area contributed by atoms with Crippen molar-refractivity contribution in [1.29, 1.82) is 0 Å². The Morgan fingerprint density at radius 2 is 1.66 bits per heavy atom. The van der Waals surface area contributed by atoms with Crippen LogP contribution < -0.4 is 14.2 Å². The highest BCUT2D eigenvalue weighted by molar-refractivity contribution is 6.12. The summed E-state index contributed by atoms with van der Waals surface area (Å²) >= 11 is 0. The standard InChI is InChI=1S/C32H34FNO4/c1-36-26-10-8-22-18-24(7-6-23(22)19-26)29-21-27(37-2)11-12-28(29)32(35)25-9-13-31(30(33)20-25)38-17-16-34-14-4-3-5-15-34/h8-13,18-21H,3-7,14-17H2,1-2H3. The van der Waals surface area contributed by atoms with Crippen LogP contribution >= 0.6 is 0 Å². The maximum absolute atomic E-state index is 15.0. The minimum Gasteiger partial charge on any atom is -0.497 e. The molecule has 0 radical (unpaired) electrons. The number of hydrogen-bond donors (Lipinski definition) is 0. The number of hydrogen-bond acceptors (Lipinski definition) is 5. The Balaban J connectivity index is 1.37. The van der Waals surface area contributed by atoms with Gasteiger partial charge in [-0.3, -0.25) is 9.69 Å². The summed E-state index contributed by atoms with van der Waals surface area (Å²) < 4.78 is 31.5. The Kier molecular flexibility index (Phi) is 8.08. The molecule has 2 aliphatic rings. The van der Waals surface area contributed by atoms with Crippen molar-refractivity contribution in [3.05, 3.63) is 88.2 Å². The lowest BCUT2D eigenvalue weighted by Crippen LogP contribution is -2.33. The number of fused-ring (bicyclic) bond motifs is 1. The van der Waals surface area contributed by atoms with Crippen LogP contribution in [0, 0.1) is 5.82 Å². The number of halogens is 1. The van der Waals surface area contributed by atoms with Crippen molar-refractivity contribution < 1.29 is 23.4 Å². The number of carbonyl (C=O) groups excluding carboxylic acids is 1. The molecule has 0 amide bonds. The Morgan fingerprint density at radius 3 is 2.42 bits per heavy atom. The van der Waals surface area contributed by atoms with E-state index >= 15 is 0 Å². The van der Waals surface area contributed by atoms with E-state index in [1.54, 1.807) is 38.5 Å². The molecule has 198 valence electrons. The third-order valence-corrected chi connectivity index (χ3v) is 7.47. The topological polar surface area (TPSA) is 48.0 Å². The third-order valence-electron chi connectivity index (χ3n) is 7.47. The van der Waals surface area contributed by atoms with Gasteiger partial charge < -0.3 is 14.2 Å². The number of ketones is 1. The van der Waals surface area contributed by atoms with Crippen molar-refractivity contribution in [3.8, 4) is 17.2 Å². The summed E-state index contributed by atoms with van der Waals surface area (Å²) in [6.07, 6.45) is 7.40. The predicted octanol–water partition coefficient (Wildman–Crippen LogP) is 6.43. The van der Waals surface area contributed by atoms with Crippen molar-refractivity contribution in [3.63, 3.8) is 0 Å². The summed E-state index contributed by atoms with van der Waals surface area (Å²) in [6, 6.07) is 15.9. The summed E-state index contributed by atoms with van der Waals surface area (Å²) in [4.78, 5) is 16.0. The van der Waals surface area contributed by atoms with Gasteiger partial charge in [-0.15, -0.1) is 0 Å². The molecule has 3 aromatic carbocycles. The molecule has 0 spiro atoms. The Morgan fingerprint density at radius 1 is 0.895 bits per heavy atom. The number of allylic oxidation sites excluding steroid dienone is 1. The second-order valence-electron chi connectivity index (χ2n) is 9.87. The van der Waals surface area contributed by atoms with Gasteiger partial charge in [0.1, 0.15) is 18.1 Å². The first-order valence-corrected chi connectivity index (χ1v) is 13.3. The van der Waals surface area contributed by atoms with Gasteiger partial charge >= 0.3 is 0 Å². The number of aryl methyl sites for hydroxylation is 1. The summed E-state index contributed by atoms with van der Waals surface area (Å²) in [5.74, 6) is 0.920. The highest BCUT2D eigenvalue weighted by Gasteiger charge is 2.21. The molecule has 0 aromatic heterocycles. The number of piperidine rings is 1. The molecular formula is C32H34FNO4. The molecule has 1 heterocycles. The smallest absolute Gasteiger partial charge is 0.193 e. The molecule has 0 bridgehead atoms. The van der Waals surface area contributed by atoms with E-state index in [0.717, 1.165) is 54.9 Å². The summed E-state index contributed by atoms with van der Waals surface area (Å²) in [7, 11) is 3.27. The molecule has 1 aliphatic heterocycles. The summed E-state index contributed by atoms with van der Waals surface area (Å²) in [5.41, 5.74) is 4.97. The lowest BCUT2D eigenvalue weighted by Gasteiger charge is -2.26. The number of rotatable bonds is 9. The molecule has 0 atom stereocenters. The first-order chi connectivity index (χ1) is 18.6. The highest BCUT2D eigenvalue weighted by Crippen LogP contribution is 2.36. The number of likely N-dealkylation sites (tertiary alicyclic amines) is 1. The average Bonchev–Trinajstić information content (AvgIpc) is 2.97. The van der Waals surface area contributed by atoms with Gasteiger partial charge in [-0.05, 0) is 110 Å². The van der Waals surface area contributed by atoms with Crippen LogP contribution in [0.15, 0.2) is 54.6 Å². The van der Waals surface area contributed by atoms with Crippen LogP contribution in [0.2, 0.25) is 0 Å². The molecule has 0 saturated carbocycles. The average molecular weight is 516 g/mol. The molecule has 5 rings (SSSR count). The Bertz CT molecular complexity index is 1340. The molecule has 0 unspecified atom stereocenters. The van der Waals surface area contributed by atoms with Crippen LogP contribution in [-0.2, 0) is 6.42 Å². The fourth-order valence-electron chi connectivity index (χ4n) is 5.30. The molecule has 38 heavy (non-hydrogen) atoms. The highest BCUT2D eigenvalue weighted by atomic mass is 19.1. The van der Waals surface area contributed by atoms with E-state index in [9.17, 15) is 9.18 Å². The van der Waals surface area contributed by atoms with Gasteiger partial charge in [0.05, 0.1) is 14.2 Å². The number of carbonyl (C=O) groups is 1. The molecule has 1 saturated heterocycles. The van der Waals surface area contributed by atoms with Gasteiger partial charge in [-0.1, -0.05) is 18.6 Å². The van der Waals surface area contributed by atoms with E-state index in [2.05, 4.69) is 17.0 Å². The molecule has 1 aliphatic carbocycles. The molecular weight excluding hydrogens is 481 g/mol. The van der Waals surface area contributed by atoms with E-state index in [-0.39, 0.29) is 11.5 Å². The maximum atomic E-state index is 15.0. The normalized spacial score (nSPS) is 15.4. The fourth-order valence-corrected chi connectivity index (χ4v) is 5.30. The minimum absolute atomic E-state index is 0.176. The summed E-state index contributed by atoms with van der Waals surface area (Å²) in [5, 5.41) is 0. The van der Waals surface area contributed by atoms with Crippen LogP contribution in [0.3, 0.4) is 0 Å². The maximum Gasteiger partial charge on any atom is 0.193 e. The Labute approximate surface area is 223 Å². The zero-order chi connectivity index (χ0) is 26.5. The molecule has 6 heteroatoms. The lowest BCUT2D eigenvalue weighted by molar-refractivity contribution is 0.103. The number of benzene rings is 3. The van der Waals surface area contributed by atoms with Gasteiger partial charge in [-0.2, -0.15) is 0 Å². The Hall–Kier alpha value is -3.64. The monoisotopic (exact) mass is 515 g/mol. The van der Waals surface area contributed by atoms with E-state index in [1.807, 2.05) is 18.2 Å². The van der Waals surface area contributed by atoms with Crippen molar-refractivity contribution >= 4 is 17.4 Å². The van der Waals surface area contributed by atoms with Gasteiger partial charge in [-0.25, -0.2) is 4.39 Å².